The molecule has 9 nitrogen and oxygen atoms in total. The van der Waals surface area contributed by atoms with Crippen LogP contribution in [0, 0.1) is 10.1 Å². The molecule has 0 aliphatic carbocycles. The topological polar surface area (TPSA) is 109 Å². The molecule has 1 N–H and O–H groups in total. The minimum Gasteiger partial charge on any atom is -0.390 e. The van der Waals surface area contributed by atoms with Crippen molar-refractivity contribution in [1.29, 1.82) is 0 Å². The van der Waals surface area contributed by atoms with Gasteiger partial charge in [-0.25, -0.2) is 4.57 Å². The molecule has 3 rings (SSSR count). The van der Waals surface area contributed by atoms with Gasteiger partial charge in [0, 0.05) is 0 Å². The fourth-order valence-electron chi connectivity index (χ4n) is 2.82. The van der Waals surface area contributed by atoms with Crippen molar-refractivity contribution in [2.45, 2.75) is 50.6 Å². The van der Waals surface area contributed by atoms with Gasteiger partial charge in [0.1, 0.15) is 43.4 Å². The lowest BCUT2D eigenvalue weighted by molar-refractivity contribution is -0.397. The van der Waals surface area contributed by atoms with E-state index in [9.17, 15) is 15.2 Å². The Morgan fingerprint density at radius 2 is 2.38 bits per heavy atom. The Hall–Kier alpha value is -1.55. The van der Waals surface area contributed by atoms with Crippen molar-refractivity contribution in [2.24, 2.45) is 0 Å². The number of hydrogen-bond donors (Lipinski definition) is 1. The van der Waals surface area contributed by atoms with E-state index in [2.05, 4.69) is 4.98 Å². The molecule has 0 amide bonds. The lowest BCUT2D eigenvalue weighted by Crippen LogP contribution is -2.40. The number of imidazole rings is 1. The number of rotatable bonds is 4. The van der Waals surface area contributed by atoms with E-state index in [1.807, 2.05) is 0 Å². The van der Waals surface area contributed by atoms with Crippen molar-refractivity contribution in [3.05, 3.63) is 22.5 Å². The van der Waals surface area contributed by atoms with Gasteiger partial charge in [-0.05, 0) is 18.8 Å². The quantitative estimate of drug-likeness (QED) is 0.619. The molecule has 0 saturated carbocycles. The summed E-state index contributed by atoms with van der Waals surface area (Å²) in [6.45, 7) is 3.95. The Bertz CT molecular complexity index is 545. The van der Waals surface area contributed by atoms with Crippen molar-refractivity contribution < 1.29 is 24.2 Å². The molecule has 4 atom stereocenters. The highest BCUT2D eigenvalue weighted by molar-refractivity contribution is 5.07. The van der Waals surface area contributed by atoms with Gasteiger partial charge < -0.3 is 29.4 Å². The van der Waals surface area contributed by atoms with E-state index in [0.717, 1.165) is 0 Å². The molecule has 0 bridgehead atoms. The van der Waals surface area contributed by atoms with E-state index < -0.39 is 22.9 Å². The van der Waals surface area contributed by atoms with Gasteiger partial charge >= 0.3 is 5.95 Å². The SMILES string of the molecule is CC1(C)O[C@H]2[C@@H]([C@@H](O)Cn3ccnc3[N+](=O)[O-])OC[C@H]2O1. The molecular formula is C12H17N3O6. The number of fused-ring (bicyclic) bond motifs is 1. The highest BCUT2D eigenvalue weighted by Crippen LogP contribution is 2.36. The van der Waals surface area contributed by atoms with Crippen LogP contribution in [0.5, 0.6) is 0 Å². The lowest BCUT2D eigenvalue weighted by atomic mass is 10.1. The van der Waals surface area contributed by atoms with Crippen molar-refractivity contribution in [3.63, 3.8) is 0 Å². The van der Waals surface area contributed by atoms with Crippen molar-refractivity contribution in [1.82, 2.24) is 9.55 Å². The summed E-state index contributed by atoms with van der Waals surface area (Å²) in [6, 6.07) is 0. The van der Waals surface area contributed by atoms with Crippen LogP contribution in [0.4, 0.5) is 5.95 Å². The van der Waals surface area contributed by atoms with Crippen LogP contribution in [-0.4, -0.2) is 56.4 Å². The second kappa shape index (κ2) is 5.02. The fourth-order valence-corrected chi connectivity index (χ4v) is 2.82. The minimum absolute atomic E-state index is 0.00793. The Balaban J connectivity index is 1.70. The normalized spacial score (nSPS) is 32.0. The minimum atomic E-state index is -0.953. The Labute approximate surface area is 120 Å². The first-order valence-electron chi connectivity index (χ1n) is 6.68. The number of aromatic nitrogens is 2. The number of hydrogen-bond acceptors (Lipinski definition) is 7. The molecule has 21 heavy (non-hydrogen) atoms. The molecule has 1 aromatic rings. The average Bonchev–Trinajstić information content (AvgIpc) is 3.02. The summed E-state index contributed by atoms with van der Waals surface area (Å²) in [7, 11) is 0. The van der Waals surface area contributed by atoms with Gasteiger partial charge in [-0.1, -0.05) is 4.98 Å². The molecule has 3 heterocycles. The number of ether oxygens (including phenoxy) is 3. The molecule has 1 aromatic heterocycles. The molecular weight excluding hydrogens is 282 g/mol. The summed E-state index contributed by atoms with van der Waals surface area (Å²) in [6.07, 6.45) is 0.629. The maximum atomic E-state index is 10.8. The number of nitro groups is 1. The number of nitrogens with zero attached hydrogens (tertiary/aromatic N) is 3. The Morgan fingerprint density at radius 3 is 3.10 bits per heavy atom. The van der Waals surface area contributed by atoms with Crippen LogP contribution in [0.25, 0.3) is 0 Å². The molecule has 0 radical (unpaired) electrons. The first kappa shape index (κ1) is 14.4. The first-order valence-corrected chi connectivity index (χ1v) is 6.68. The third-order valence-electron chi connectivity index (χ3n) is 3.62. The highest BCUT2D eigenvalue weighted by atomic mass is 16.8. The van der Waals surface area contributed by atoms with E-state index in [0.29, 0.717) is 6.61 Å². The third kappa shape index (κ3) is 2.64. The molecule has 0 aromatic carbocycles. The molecule has 9 heteroatoms. The standard InChI is InChI=1S/C12H17N3O6/c1-12(2)20-8-6-19-9(10(8)21-12)7(16)5-14-4-3-13-11(14)15(17)18/h3-4,7-10,16H,5-6H2,1-2H3/t7-,8+,9+,10+/m0/s1. The van der Waals surface area contributed by atoms with Crippen LogP contribution >= 0.6 is 0 Å². The molecule has 116 valence electrons. The summed E-state index contributed by atoms with van der Waals surface area (Å²) >= 11 is 0. The summed E-state index contributed by atoms with van der Waals surface area (Å²) < 4.78 is 18.2. The number of aliphatic hydroxyl groups excluding tert-OH is 1. The van der Waals surface area contributed by atoms with E-state index >= 15 is 0 Å². The van der Waals surface area contributed by atoms with Crippen molar-refractivity contribution >= 4 is 5.95 Å². The summed E-state index contributed by atoms with van der Waals surface area (Å²) in [4.78, 5) is 13.9. The molecule has 2 saturated heterocycles. The van der Waals surface area contributed by atoms with E-state index in [1.54, 1.807) is 13.8 Å². The summed E-state index contributed by atoms with van der Waals surface area (Å²) in [5, 5.41) is 21.1. The van der Waals surface area contributed by atoms with Crippen LogP contribution in [-0.2, 0) is 20.8 Å². The zero-order valence-corrected chi connectivity index (χ0v) is 11.7. The third-order valence-corrected chi connectivity index (χ3v) is 3.62. The van der Waals surface area contributed by atoms with Gasteiger partial charge in [-0.15, -0.1) is 0 Å². The van der Waals surface area contributed by atoms with Gasteiger partial charge in [-0.2, -0.15) is 0 Å². The monoisotopic (exact) mass is 299 g/mol. The summed E-state index contributed by atoms with van der Waals surface area (Å²) in [5.41, 5.74) is 0. The Kier molecular flexibility index (Phi) is 3.44. The smallest absolute Gasteiger partial charge is 0.390 e. The van der Waals surface area contributed by atoms with Crippen LogP contribution in [0.2, 0.25) is 0 Å². The molecule has 2 aliphatic rings. The van der Waals surface area contributed by atoms with Crippen LogP contribution in [0.3, 0.4) is 0 Å². The molecule has 0 spiro atoms. The maximum absolute atomic E-state index is 10.8. The fraction of sp³-hybridized carbons (Fsp3) is 0.750. The summed E-state index contributed by atoms with van der Waals surface area (Å²) in [5.74, 6) is -1.02. The van der Waals surface area contributed by atoms with Gasteiger partial charge in [0.2, 0.25) is 0 Å². The first-order chi connectivity index (χ1) is 9.87. The average molecular weight is 299 g/mol. The van der Waals surface area contributed by atoms with Gasteiger partial charge in [0.25, 0.3) is 0 Å². The molecule has 2 fully saturated rings. The zero-order chi connectivity index (χ0) is 15.2. The zero-order valence-electron chi connectivity index (χ0n) is 11.7. The van der Waals surface area contributed by atoms with Gasteiger partial charge in [-0.3, -0.25) is 0 Å². The molecule has 2 aliphatic heterocycles. The lowest BCUT2D eigenvalue weighted by Gasteiger charge is -2.24. The van der Waals surface area contributed by atoms with E-state index in [1.165, 1.54) is 17.0 Å². The highest BCUT2D eigenvalue weighted by Gasteiger charge is 2.52. The van der Waals surface area contributed by atoms with Gasteiger partial charge in [0.05, 0.1) is 6.61 Å². The maximum Gasteiger partial charge on any atom is 0.434 e. The van der Waals surface area contributed by atoms with E-state index in [4.69, 9.17) is 14.2 Å². The van der Waals surface area contributed by atoms with Crippen molar-refractivity contribution in [3.8, 4) is 0 Å². The van der Waals surface area contributed by atoms with Crippen LogP contribution in [0.15, 0.2) is 12.4 Å². The predicted molar refractivity (Wildman–Crippen MR) is 68.5 cm³/mol. The van der Waals surface area contributed by atoms with Crippen LogP contribution in [0.1, 0.15) is 13.8 Å². The Morgan fingerprint density at radius 1 is 1.62 bits per heavy atom. The van der Waals surface area contributed by atoms with Crippen molar-refractivity contribution in [2.75, 3.05) is 6.61 Å². The number of aliphatic hydroxyl groups is 1. The second-order valence-electron chi connectivity index (χ2n) is 5.64. The van der Waals surface area contributed by atoms with E-state index in [-0.39, 0.29) is 24.7 Å². The van der Waals surface area contributed by atoms with Crippen LogP contribution < -0.4 is 0 Å². The molecule has 0 unspecified atom stereocenters. The van der Waals surface area contributed by atoms with Gasteiger partial charge in [0.15, 0.2) is 5.79 Å². The second-order valence-corrected chi connectivity index (χ2v) is 5.64. The predicted octanol–water partition coefficient (Wildman–Crippen LogP) is 0.0711. The largest absolute Gasteiger partial charge is 0.434 e.